The fourth-order valence-electron chi connectivity index (χ4n) is 10.3. The molecule has 0 saturated heterocycles. The summed E-state index contributed by atoms with van der Waals surface area (Å²) < 4.78 is 4.70. The van der Waals surface area contributed by atoms with E-state index in [1.54, 1.807) is 0 Å². The molecule has 4 aliphatic carbocycles. The lowest BCUT2D eigenvalue weighted by atomic mass is 9.37. The van der Waals surface area contributed by atoms with Crippen LogP contribution < -0.4 is 0 Å². The Morgan fingerprint density at radius 3 is 2.19 bits per heavy atom. The van der Waals surface area contributed by atoms with Crippen LogP contribution in [0.1, 0.15) is 106 Å². The summed E-state index contributed by atoms with van der Waals surface area (Å²) in [5, 5.41) is 0. The van der Waals surface area contributed by atoms with Gasteiger partial charge in [-0.05, 0) is 109 Å². The molecule has 0 aromatic carbocycles. The first kappa shape index (κ1) is 24.3. The van der Waals surface area contributed by atoms with Crippen LogP contribution in [0.3, 0.4) is 0 Å². The number of hydrogen-bond acceptors (Lipinski definition) is 3. The Labute approximate surface area is 196 Å². The minimum Gasteiger partial charge on any atom is -0.463 e. The highest BCUT2D eigenvalue weighted by Gasteiger charge is 2.67. The Bertz CT molecular complexity index is 770. The molecule has 0 aromatic rings. The van der Waals surface area contributed by atoms with Crippen molar-refractivity contribution < 1.29 is 14.3 Å². The molecule has 4 fully saturated rings. The summed E-state index contributed by atoms with van der Waals surface area (Å²) in [6.45, 7) is 17.6. The van der Waals surface area contributed by atoms with Crippen LogP contribution in [0.15, 0.2) is 0 Å². The lowest BCUT2D eigenvalue weighted by Crippen LogP contribution is -2.60. The minimum absolute atomic E-state index is 0.242. The van der Waals surface area contributed by atoms with E-state index in [4.69, 9.17) is 4.74 Å². The van der Waals surface area contributed by atoms with Crippen molar-refractivity contribution in [3.8, 4) is 0 Å². The van der Waals surface area contributed by atoms with E-state index < -0.39 is 5.97 Å². The van der Waals surface area contributed by atoms with Crippen LogP contribution in [0.25, 0.3) is 0 Å². The van der Waals surface area contributed by atoms with E-state index in [1.807, 2.05) is 0 Å². The molecular weight excluding hydrogens is 396 g/mol. The van der Waals surface area contributed by atoms with E-state index in [-0.39, 0.29) is 17.1 Å². The number of carbonyl (C=O) groups excluding carboxylic acids is 2. The van der Waals surface area contributed by atoms with Crippen molar-refractivity contribution in [2.45, 2.75) is 106 Å². The van der Waals surface area contributed by atoms with Crippen LogP contribution in [0.2, 0.25) is 0 Å². The van der Waals surface area contributed by atoms with Crippen LogP contribution in [-0.4, -0.2) is 18.9 Å². The summed E-state index contributed by atoms with van der Waals surface area (Å²) in [5.41, 5.74) is 1.55. The molecule has 182 valence electrons. The fraction of sp³-hybridized carbons (Fsp3) is 0.931. The van der Waals surface area contributed by atoms with Crippen molar-refractivity contribution in [3.05, 3.63) is 0 Å². The van der Waals surface area contributed by atoms with Gasteiger partial charge >= 0.3 is 5.97 Å². The molecule has 0 bridgehead atoms. The molecule has 32 heavy (non-hydrogen) atoms. The summed E-state index contributed by atoms with van der Waals surface area (Å²) in [6.07, 6.45) is 11.0. The zero-order valence-corrected chi connectivity index (χ0v) is 22.1. The number of fused-ring (bicyclic) bond motifs is 5. The second kappa shape index (κ2) is 7.84. The highest BCUT2D eigenvalue weighted by Crippen LogP contribution is 2.75. The van der Waals surface area contributed by atoms with Crippen molar-refractivity contribution >= 4 is 11.8 Å². The Hall–Kier alpha value is -0.860. The SMILES string of the molecule is COC(=O)C(=O)C[C@@H](C)C1CC[C@@]2(C)C3CCC4C(C)(C)[C@@H](C)CC[C@]4(C)C3CC[C@]12C. The average Bonchev–Trinajstić information content (AvgIpc) is 3.02. The molecule has 0 spiro atoms. The predicted octanol–water partition coefficient (Wildman–Crippen LogP) is 7.08. The minimum atomic E-state index is -0.674. The van der Waals surface area contributed by atoms with E-state index in [0.717, 1.165) is 23.7 Å². The van der Waals surface area contributed by atoms with Gasteiger partial charge in [0.25, 0.3) is 0 Å². The Kier molecular flexibility index (Phi) is 5.95. The number of esters is 1. The van der Waals surface area contributed by atoms with Gasteiger partial charge in [-0.2, -0.15) is 0 Å². The van der Waals surface area contributed by atoms with Crippen LogP contribution in [0.4, 0.5) is 0 Å². The normalized spacial score (nSPS) is 48.2. The fourth-order valence-corrected chi connectivity index (χ4v) is 10.3. The van der Waals surface area contributed by atoms with Crippen molar-refractivity contribution in [2.24, 2.45) is 57.2 Å². The molecule has 9 atom stereocenters. The third kappa shape index (κ3) is 3.18. The Balaban J connectivity index is 1.59. The van der Waals surface area contributed by atoms with Gasteiger partial charge in [-0.3, -0.25) is 4.79 Å². The first-order valence-corrected chi connectivity index (χ1v) is 13.4. The summed E-state index contributed by atoms with van der Waals surface area (Å²) >= 11 is 0. The smallest absolute Gasteiger partial charge is 0.374 e. The highest BCUT2D eigenvalue weighted by atomic mass is 16.5. The van der Waals surface area contributed by atoms with Crippen LogP contribution >= 0.6 is 0 Å². The molecule has 0 aliphatic heterocycles. The third-order valence-corrected chi connectivity index (χ3v) is 12.7. The maximum atomic E-state index is 12.3. The van der Waals surface area contributed by atoms with E-state index in [0.29, 0.717) is 28.6 Å². The lowest BCUT2D eigenvalue weighted by molar-refractivity contribution is -0.188. The maximum absolute atomic E-state index is 12.3. The summed E-state index contributed by atoms with van der Waals surface area (Å²) in [4.78, 5) is 24.1. The maximum Gasteiger partial charge on any atom is 0.374 e. The second-order valence-corrected chi connectivity index (χ2v) is 13.7. The lowest BCUT2D eigenvalue weighted by Gasteiger charge is -2.67. The van der Waals surface area contributed by atoms with Gasteiger partial charge in [0.05, 0.1) is 7.11 Å². The molecular formula is C29H48O3. The molecule has 0 aromatic heterocycles. The molecule has 0 radical (unpaired) electrons. The van der Waals surface area contributed by atoms with E-state index in [2.05, 4.69) is 48.5 Å². The number of carbonyl (C=O) groups is 2. The van der Waals surface area contributed by atoms with Gasteiger partial charge in [-0.15, -0.1) is 0 Å². The van der Waals surface area contributed by atoms with Crippen LogP contribution in [0.5, 0.6) is 0 Å². The molecule has 4 saturated carbocycles. The van der Waals surface area contributed by atoms with Crippen molar-refractivity contribution in [3.63, 3.8) is 0 Å². The Morgan fingerprint density at radius 1 is 0.875 bits per heavy atom. The predicted molar refractivity (Wildman–Crippen MR) is 129 cm³/mol. The first-order valence-electron chi connectivity index (χ1n) is 13.4. The summed E-state index contributed by atoms with van der Waals surface area (Å²) in [5.74, 6) is 3.07. The molecule has 0 heterocycles. The van der Waals surface area contributed by atoms with Gasteiger partial charge in [0.2, 0.25) is 5.78 Å². The van der Waals surface area contributed by atoms with Gasteiger partial charge in [0, 0.05) is 6.42 Å². The standard InChI is InChI=1S/C29H48O3/c1-18(17-23(30)25(31)32-8)20-12-15-29(7)22-9-10-24-26(3,4)19(2)11-14-27(24,5)21(22)13-16-28(20,29)6/h18-22,24H,9-17H2,1-8H3/t18-,19+,20?,21?,22?,24?,27-,28-,29+/m1/s1. The number of ether oxygens (including phenoxy) is 1. The average molecular weight is 445 g/mol. The zero-order chi connectivity index (χ0) is 23.7. The monoisotopic (exact) mass is 444 g/mol. The third-order valence-electron chi connectivity index (χ3n) is 12.7. The largest absolute Gasteiger partial charge is 0.463 e. The highest BCUT2D eigenvalue weighted by molar-refractivity contribution is 6.33. The van der Waals surface area contributed by atoms with E-state index in [9.17, 15) is 9.59 Å². The van der Waals surface area contributed by atoms with Gasteiger partial charge < -0.3 is 4.74 Å². The molecule has 3 heteroatoms. The van der Waals surface area contributed by atoms with Gasteiger partial charge in [-0.1, -0.05) is 48.5 Å². The molecule has 0 N–H and O–H groups in total. The number of rotatable bonds is 4. The number of Topliss-reactive ketones (excluding diaryl/α,β-unsaturated/α-hetero) is 1. The van der Waals surface area contributed by atoms with Crippen molar-refractivity contribution in [1.82, 2.24) is 0 Å². The summed E-state index contributed by atoms with van der Waals surface area (Å²) in [6, 6.07) is 0. The van der Waals surface area contributed by atoms with Crippen molar-refractivity contribution in [1.29, 1.82) is 0 Å². The van der Waals surface area contributed by atoms with Crippen LogP contribution in [-0.2, 0) is 14.3 Å². The molecule has 4 unspecified atom stereocenters. The van der Waals surface area contributed by atoms with E-state index >= 15 is 0 Å². The van der Waals surface area contributed by atoms with Gasteiger partial charge in [-0.25, -0.2) is 4.79 Å². The molecule has 4 aliphatic rings. The first-order chi connectivity index (χ1) is 14.8. The summed E-state index contributed by atoms with van der Waals surface area (Å²) in [7, 11) is 1.31. The Morgan fingerprint density at radius 2 is 1.53 bits per heavy atom. The zero-order valence-electron chi connectivity index (χ0n) is 22.1. The van der Waals surface area contributed by atoms with Gasteiger partial charge in [0.15, 0.2) is 0 Å². The number of methoxy groups -OCH3 is 1. The number of hydrogen-bond donors (Lipinski definition) is 0. The number of ketones is 1. The van der Waals surface area contributed by atoms with E-state index in [1.165, 1.54) is 58.5 Å². The van der Waals surface area contributed by atoms with Crippen LogP contribution in [0, 0.1) is 57.2 Å². The molecule has 4 rings (SSSR count). The second-order valence-electron chi connectivity index (χ2n) is 13.7. The quantitative estimate of drug-likeness (QED) is 0.344. The molecule has 3 nitrogen and oxygen atoms in total. The molecule has 0 amide bonds. The topological polar surface area (TPSA) is 43.4 Å². The van der Waals surface area contributed by atoms with Gasteiger partial charge in [0.1, 0.15) is 0 Å². The van der Waals surface area contributed by atoms with Crippen molar-refractivity contribution in [2.75, 3.05) is 7.11 Å².